The van der Waals surface area contributed by atoms with Gasteiger partial charge in [-0.25, -0.2) is 0 Å². The molecule has 0 bridgehead atoms. The van der Waals surface area contributed by atoms with Crippen molar-refractivity contribution < 1.29 is 18.0 Å². The number of hydrogen-bond acceptors (Lipinski definition) is 2. The van der Waals surface area contributed by atoms with Crippen LogP contribution in [0.2, 0.25) is 0 Å². The number of rotatable bonds is 7. The van der Waals surface area contributed by atoms with E-state index in [1.807, 2.05) is 6.07 Å². The van der Waals surface area contributed by atoms with Crippen molar-refractivity contribution in [2.45, 2.75) is 57.7 Å². The maximum atomic E-state index is 13.2. The van der Waals surface area contributed by atoms with Gasteiger partial charge in [-0.15, -0.1) is 0 Å². The van der Waals surface area contributed by atoms with Gasteiger partial charge < -0.3 is 10.6 Å². The van der Waals surface area contributed by atoms with E-state index in [0.717, 1.165) is 38.2 Å². The molecule has 2 N–H and O–H groups in total. The van der Waals surface area contributed by atoms with Gasteiger partial charge in [-0.1, -0.05) is 61.0 Å². The number of fused-ring (bicyclic) bond motifs is 1. The van der Waals surface area contributed by atoms with Gasteiger partial charge in [0.25, 0.3) is 0 Å². The summed E-state index contributed by atoms with van der Waals surface area (Å²) in [5, 5.41) is 5.93. The lowest BCUT2D eigenvalue weighted by atomic mass is 9.99. The number of anilines is 2. The number of halogens is 3. The molecule has 178 valence electrons. The molecule has 1 heterocycles. The first-order valence-corrected chi connectivity index (χ1v) is 11.7. The average Bonchev–Trinajstić information content (AvgIpc) is 2.93. The molecular weight excluding hydrogens is 437 g/mol. The lowest BCUT2D eigenvalue weighted by Crippen LogP contribution is -2.22. The summed E-state index contributed by atoms with van der Waals surface area (Å²) in [6.07, 6.45) is 0.319. The summed E-state index contributed by atoms with van der Waals surface area (Å²) in [7, 11) is 0. The molecule has 0 aromatic heterocycles. The van der Waals surface area contributed by atoms with Crippen LogP contribution < -0.4 is 10.6 Å². The monoisotopic (exact) mass is 466 g/mol. The third-order valence-corrected chi connectivity index (χ3v) is 6.25. The second-order valence-corrected chi connectivity index (χ2v) is 9.03. The Bertz CT molecular complexity index is 1140. The fourth-order valence-electron chi connectivity index (χ4n) is 4.55. The van der Waals surface area contributed by atoms with Crippen LogP contribution in [-0.4, -0.2) is 11.9 Å². The van der Waals surface area contributed by atoms with Crippen LogP contribution in [0.1, 0.15) is 53.5 Å². The molecule has 0 radical (unpaired) electrons. The Kier molecular flexibility index (Phi) is 7.25. The van der Waals surface area contributed by atoms with Crippen LogP contribution in [0.4, 0.5) is 24.5 Å². The van der Waals surface area contributed by atoms with Gasteiger partial charge in [-0.2, -0.15) is 13.2 Å². The zero-order chi connectivity index (χ0) is 24.1. The predicted octanol–water partition coefficient (Wildman–Crippen LogP) is 7.14. The maximum Gasteiger partial charge on any atom is 0.416 e. The average molecular weight is 467 g/mol. The number of carbonyl (C=O) groups excluding carboxylic acids is 1. The lowest BCUT2D eigenvalue weighted by Gasteiger charge is -2.19. The molecule has 1 aliphatic heterocycles. The Hall–Kier alpha value is -3.28. The number of unbranched alkanes of at least 4 members (excludes halogenated alkanes) is 1. The summed E-state index contributed by atoms with van der Waals surface area (Å²) in [5.41, 5.74) is 4.04. The van der Waals surface area contributed by atoms with E-state index < -0.39 is 11.7 Å². The minimum absolute atomic E-state index is 0.109. The van der Waals surface area contributed by atoms with Crippen molar-refractivity contribution in [1.82, 2.24) is 0 Å². The van der Waals surface area contributed by atoms with E-state index in [0.29, 0.717) is 5.69 Å². The Morgan fingerprint density at radius 1 is 0.882 bits per heavy atom. The van der Waals surface area contributed by atoms with Crippen LogP contribution in [-0.2, 0) is 23.8 Å². The van der Waals surface area contributed by atoms with Gasteiger partial charge in [-0.3, -0.25) is 4.79 Å². The van der Waals surface area contributed by atoms with Crippen LogP contribution in [0.25, 0.3) is 0 Å². The van der Waals surface area contributed by atoms with Gasteiger partial charge in [0.05, 0.1) is 16.9 Å². The first kappa shape index (κ1) is 23.9. The summed E-state index contributed by atoms with van der Waals surface area (Å²) >= 11 is 0. The summed E-state index contributed by atoms with van der Waals surface area (Å²) in [6.45, 7) is 1.44. The van der Waals surface area contributed by atoms with Gasteiger partial charge in [0, 0.05) is 12.5 Å². The number of amides is 1. The number of aryl methyl sites for hydroxylation is 2. The largest absolute Gasteiger partial charge is 0.416 e. The summed E-state index contributed by atoms with van der Waals surface area (Å²) < 4.78 is 39.7. The second-order valence-electron chi connectivity index (χ2n) is 9.03. The Morgan fingerprint density at radius 3 is 2.38 bits per heavy atom. The van der Waals surface area contributed by atoms with Crippen molar-refractivity contribution in [3.63, 3.8) is 0 Å². The highest BCUT2D eigenvalue weighted by molar-refractivity contribution is 5.96. The third kappa shape index (κ3) is 6.19. The summed E-state index contributed by atoms with van der Waals surface area (Å²) in [5.74, 6) is -0.262. The Morgan fingerprint density at radius 2 is 1.62 bits per heavy atom. The molecule has 4 rings (SSSR count). The van der Waals surface area contributed by atoms with Crippen LogP contribution in [0.15, 0.2) is 66.7 Å². The number of alkyl halides is 3. The molecule has 1 atom stereocenters. The standard InChI is InChI=1S/C28H29F3N2O/c1-19-14-25-26(18-24(19)28(29,30)31)33-27(34)17-23(32-25)13-6-5-10-21-11-7-12-22(16-21)15-20-8-3-2-4-9-20/h2-4,7-9,11-12,14,16,18,23,32H,5-6,10,13,15,17H2,1H3,(H,33,34). The van der Waals surface area contributed by atoms with Gasteiger partial charge in [0.1, 0.15) is 0 Å². The van der Waals surface area contributed by atoms with E-state index in [9.17, 15) is 18.0 Å². The Balaban J connectivity index is 1.33. The van der Waals surface area contributed by atoms with Crippen molar-refractivity contribution in [2.75, 3.05) is 10.6 Å². The van der Waals surface area contributed by atoms with Gasteiger partial charge in [-0.05, 0) is 67.0 Å². The first-order valence-electron chi connectivity index (χ1n) is 11.7. The van der Waals surface area contributed by atoms with Gasteiger partial charge >= 0.3 is 6.18 Å². The maximum absolute atomic E-state index is 13.2. The van der Waals surface area contributed by atoms with Crippen molar-refractivity contribution in [3.8, 4) is 0 Å². The van der Waals surface area contributed by atoms with Crippen LogP contribution in [0.3, 0.4) is 0 Å². The van der Waals surface area contributed by atoms with Gasteiger partial charge in [0.15, 0.2) is 0 Å². The molecular formula is C28H29F3N2O. The van der Waals surface area contributed by atoms with E-state index in [-0.39, 0.29) is 29.6 Å². The van der Waals surface area contributed by atoms with Crippen molar-refractivity contribution >= 4 is 17.3 Å². The highest BCUT2D eigenvalue weighted by Gasteiger charge is 2.34. The highest BCUT2D eigenvalue weighted by Crippen LogP contribution is 2.38. The normalized spacial score (nSPS) is 15.8. The minimum atomic E-state index is -4.45. The molecule has 0 saturated carbocycles. The quantitative estimate of drug-likeness (QED) is 0.363. The zero-order valence-electron chi connectivity index (χ0n) is 19.2. The van der Waals surface area contributed by atoms with E-state index in [2.05, 4.69) is 59.2 Å². The van der Waals surface area contributed by atoms with Crippen molar-refractivity contribution in [3.05, 3.63) is 94.5 Å². The fourth-order valence-corrected chi connectivity index (χ4v) is 4.55. The van der Waals surface area contributed by atoms with E-state index in [4.69, 9.17) is 0 Å². The molecule has 3 nitrogen and oxygen atoms in total. The number of nitrogens with one attached hydrogen (secondary N) is 2. The number of carbonyl (C=O) groups is 1. The molecule has 0 aliphatic carbocycles. The molecule has 6 heteroatoms. The molecule has 1 aliphatic rings. The second kappa shape index (κ2) is 10.3. The van der Waals surface area contributed by atoms with E-state index in [1.54, 1.807) is 0 Å². The third-order valence-electron chi connectivity index (χ3n) is 6.25. The van der Waals surface area contributed by atoms with Crippen LogP contribution in [0.5, 0.6) is 0 Å². The molecule has 3 aromatic rings. The topological polar surface area (TPSA) is 41.1 Å². The molecule has 3 aromatic carbocycles. The predicted molar refractivity (Wildman–Crippen MR) is 130 cm³/mol. The van der Waals surface area contributed by atoms with E-state index in [1.165, 1.54) is 29.7 Å². The van der Waals surface area contributed by atoms with E-state index >= 15 is 0 Å². The zero-order valence-corrected chi connectivity index (χ0v) is 19.2. The Labute approximate surface area is 198 Å². The SMILES string of the molecule is Cc1cc2c(cc1C(F)(F)F)NC(=O)CC(CCCCc1cccc(Cc3ccccc3)c1)N2. The molecule has 0 spiro atoms. The smallest absolute Gasteiger partial charge is 0.380 e. The number of benzene rings is 3. The molecule has 0 fully saturated rings. The first-order chi connectivity index (χ1) is 16.3. The van der Waals surface area contributed by atoms with Crippen molar-refractivity contribution in [1.29, 1.82) is 0 Å². The molecule has 1 amide bonds. The molecule has 34 heavy (non-hydrogen) atoms. The molecule has 1 unspecified atom stereocenters. The highest BCUT2D eigenvalue weighted by atomic mass is 19.4. The van der Waals surface area contributed by atoms with Crippen LogP contribution >= 0.6 is 0 Å². The minimum Gasteiger partial charge on any atom is -0.380 e. The lowest BCUT2D eigenvalue weighted by molar-refractivity contribution is -0.138. The van der Waals surface area contributed by atoms with Crippen molar-refractivity contribution in [2.24, 2.45) is 0 Å². The van der Waals surface area contributed by atoms with Crippen LogP contribution in [0, 0.1) is 6.92 Å². The summed E-state index contributed by atoms with van der Waals surface area (Å²) in [4.78, 5) is 12.3. The fraction of sp³-hybridized carbons (Fsp3) is 0.321. The summed E-state index contributed by atoms with van der Waals surface area (Å²) in [6, 6.07) is 21.4. The molecule has 0 saturated heterocycles. The van der Waals surface area contributed by atoms with Gasteiger partial charge in [0.2, 0.25) is 5.91 Å². The number of hydrogen-bond donors (Lipinski definition) is 2.